The maximum absolute atomic E-state index is 5.95. The molecule has 0 bridgehead atoms. The normalized spacial score (nSPS) is 15.3. The zero-order valence-electron chi connectivity index (χ0n) is 12.5. The molecule has 0 atom stereocenters. The first kappa shape index (κ1) is 14.3. The summed E-state index contributed by atoms with van der Waals surface area (Å²) in [6.45, 7) is 8.90. The number of aromatic nitrogens is 1. The Morgan fingerprint density at radius 2 is 2.16 bits per heavy atom. The predicted octanol–water partition coefficient (Wildman–Crippen LogP) is 3.38. The number of nitrogens with zero attached hydrogens (tertiary/aromatic N) is 1. The largest absolute Gasteiger partial charge is 0.477 e. The van der Waals surface area contributed by atoms with E-state index in [2.05, 4.69) is 30.2 Å². The van der Waals surface area contributed by atoms with E-state index in [1.165, 1.54) is 36.8 Å². The van der Waals surface area contributed by atoms with Crippen LogP contribution in [0.2, 0.25) is 0 Å². The fraction of sp³-hybridized carbons (Fsp3) is 0.688. The number of pyridine rings is 1. The highest BCUT2D eigenvalue weighted by atomic mass is 16.5. The Labute approximate surface area is 116 Å². The fourth-order valence-corrected chi connectivity index (χ4v) is 2.52. The molecule has 0 spiro atoms. The standard InChI is InChI=1S/C16H26N2O/c1-4-17-11-15-12(2)10-13(3)18-16(15)19-9-8-14-6-5-7-14/h10,14,17H,4-9,11H2,1-3H3. The van der Waals surface area contributed by atoms with Crippen LogP contribution in [-0.2, 0) is 6.54 Å². The van der Waals surface area contributed by atoms with Crippen LogP contribution in [-0.4, -0.2) is 18.1 Å². The molecule has 1 aromatic rings. The molecule has 0 radical (unpaired) electrons. The maximum Gasteiger partial charge on any atom is 0.218 e. The lowest BCUT2D eigenvalue weighted by atomic mass is 9.83. The summed E-state index contributed by atoms with van der Waals surface area (Å²) in [5.41, 5.74) is 3.52. The molecule has 0 unspecified atom stereocenters. The first-order valence-electron chi connectivity index (χ1n) is 7.51. The molecule has 1 fully saturated rings. The van der Waals surface area contributed by atoms with Gasteiger partial charge in [-0.15, -0.1) is 0 Å². The Kier molecular flexibility index (Phi) is 5.20. The lowest BCUT2D eigenvalue weighted by Crippen LogP contribution is -2.17. The molecule has 19 heavy (non-hydrogen) atoms. The van der Waals surface area contributed by atoms with E-state index in [9.17, 15) is 0 Å². The third kappa shape index (κ3) is 3.93. The van der Waals surface area contributed by atoms with E-state index in [1.54, 1.807) is 0 Å². The second kappa shape index (κ2) is 6.90. The summed E-state index contributed by atoms with van der Waals surface area (Å²) in [5, 5.41) is 3.37. The van der Waals surface area contributed by atoms with Gasteiger partial charge in [-0.05, 0) is 44.4 Å². The lowest BCUT2D eigenvalue weighted by molar-refractivity contribution is 0.215. The summed E-state index contributed by atoms with van der Waals surface area (Å²) >= 11 is 0. The number of nitrogens with one attached hydrogen (secondary N) is 1. The summed E-state index contributed by atoms with van der Waals surface area (Å²) in [7, 11) is 0. The Hall–Kier alpha value is -1.09. The number of hydrogen-bond acceptors (Lipinski definition) is 3. The molecule has 0 aromatic carbocycles. The average molecular weight is 262 g/mol. The summed E-state index contributed by atoms with van der Waals surface area (Å²) in [6.07, 6.45) is 5.34. The quantitative estimate of drug-likeness (QED) is 0.818. The van der Waals surface area contributed by atoms with Gasteiger partial charge >= 0.3 is 0 Å². The molecule has 1 aromatic heterocycles. The smallest absolute Gasteiger partial charge is 0.218 e. The molecule has 1 saturated carbocycles. The van der Waals surface area contributed by atoms with Crippen molar-refractivity contribution in [2.75, 3.05) is 13.2 Å². The van der Waals surface area contributed by atoms with Crippen molar-refractivity contribution in [2.45, 2.75) is 53.0 Å². The second-order valence-corrected chi connectivity index (χ2v) is 5.58. The van der Waals surface area contributed by atoms with Gasteiger partial charge in [-0.3, -0.25) is 0 Å². The highest BCUT2D eigenvalue weighted by Gasteiger charge is 2.17. The van der Waals surface area contributed by atoms with Crippen molar-refractivity contribution in [3.05, 3.63) is 22.9 Å². The van der Waals surface area contributed by atoms with E-state index in [0.29, 0.717) is 0 Å². The van der Waals surface area contributed by atoms with Crippen LogP contribution in [0.3, 0.4) is 0 Å². The van der Waals surface area contributed by atoms with Crippen molar-refractivity contribution in [1.29, 1.82) is 0 Å². The minimum Gasteiger partial charge on any atom is -0.477 e. The van der Waals surface area contributed by atoms with Gasteiger partial charge in [0.05, 0.1) is 6.61 Å². The molecule has 1 N–H and O–H groups in total. The highest BCUT2D eigenvalue weighted by molar-refractivity contribution is 5.35. The van der Waals surface area contributed by atoms with Crippen LogP contribution in [0.5, 0.6) is 5.88 Å². The van der Waals surface area contributed by atoms with Crippen LogP contribution in [0.4, 0.5) is 0 Å². The third-order valence-corrected chi connectivity index (χ3v) is 3.98. The fourth-order valence-electron chi connectivity index (χ4n) is 2.52. The van der Waals surface area contributed by atoms with Gasteiger partial charge in [-0.25, -0.2) is 4.98 Å². The zero-order valence-corrected chi connectivity index (χ0v) is 12.5. The van der Waals surface area contributed by atoms with E-state index in [1.807, 2.05) is 6.92 Å². The molecule has 0 aliphatic heterocycles. The van der Waals surface area contributed by atoms with Gasteiger partial charge < -0.3 is 10.1 Å². The van der Waals surface area contributed by atoms with E-state index in [-0.39, 0.29) is 0 Å². The predicted molar refractivity (Wildman–Crippen MR) is 78.5 cm³/mol. The molecular formula is C16H26N2O. The Morgan fingerprint density at radius 1 is 1.37 bits per heavy atom. The Bertz CT molecular complexity index is 413. The zero-order chi connectivity index (χ0) is 13.7. The van der Waals surface area contributed by atoms with Gasteiger partial charge in [0, 0.05) is 17.8 Å². The van der Waals surface area contributed by atoms with Crippen molar-refractivity contribution in [1.82, 2.24) is 10.3 Å². The summed E-state index contributed by atoms with van der Waals surface area (Å²) in [5.74, 6) is 1.72. The minimum absolute atomic E-state index is 0.805. The first-order valence-corrected chi connectivity index (χ1v) is 7.51. The molecule has 2 rings (SSSR count). The third-order valence-electron chi connectivity index (χ3n) is 3.98. The lowest BCUT2D eigenvalue weighted by Gasteiger charge is -2.25. The number of hydrogen-bond donors (Lipinski definition) is 1. The van der Waals surface area contributed by atoms with Crippen LogP contribution in [0.15, 0.2) is 6.07 Å². The van der Waals surface area contributed by atoms with Gasteiger partial charge in [0.15, 0.2) is 0 Å². The molecule has 0 amide bonds. The molecular weight excluding hydrogens is 236 g/mol. The van der Waals surface area contributed by atoms with Gasteiger partial charge in [0.2, 0.25) is 5.88 Å². The average Bonchev–Trinajstić information content (AvgIpc) is 2.31. The minimum atomic E-state index is 0.805. The summed E-state index contributed by atoms with van der Waals surface area (Å²) in [4.78, 5) is 4.57. The molecule has 1 heterocycles. The van der Waals surface area contributed by atoms with Crippen molar-refractivity contribution < 1.29 is 4.74 Å². The van der Waals surface area contributed by atoms with Crippen molar-refractivity contribution >= 4 is 0 Å². The van der Waals surface area contributed by atoms with E-state index >= 15 is 0 Å². The van der Waals surface area contributed by atoms with Crippen LogP contribution in [0.25, 0.3) is 0 Å². The van der Waals surface area contributed by atoms with Crippen molar-refractivity contribution in [2.24, 2.45) is 5.92 Å². The molecule has 1 aliphatic carbocycles. The topological polar surface area (TPSA) is 34.2 Å². The maximum atomic E-state index is 5.95. The summed E-state index contributed by atoms with van der Waals surface area (Å²) in [6, 6.07) is 2.13. The number of rotatable bonds is 7. The van der Waals surface area contributed by atoms with Crippen LogP contribution < -0.4 is 10.1 Å². The van der Waals surface area contributed by atoms with Gasteiger partial charge in [-0.1, -0.05) is 26.2 Å². The Morgan fingerprint density at radius 3 is 2.79 bits per heavy atom. The number of ether oxygens (including phenoxy) is 1. The van der Waals surface area contributed by atoms with Gasteiger partial charge in [-0.2, -0.15) is 0 Å². The van der Waals surface area contributed by atoms with Crippen molar-refractivity contribution in [3.8, 4) is 5.88 Å². The van der Waals surface area contributed by atoms with Crippen molar-refractivity contribution in [3.63, 3.8) is 0 Å². The molecule has 106 valence electrons. The Balaban J connectivity index is 1.98. The van der Waals surface area contributed by atoms with Crippen LogP contribution in [0, 0.1) is 19.8 Å². The second-order valence-electron chi connectivity index (χ2n) is 5.58. The van der Waals surface area contributed by atoms with Gasteiger partial charge in [0.25, 0.3) is 0 Å². The molecule has 1 aliphatic rings. The number of aryl methyl sites for hydroxylation is 2. The molecule has 3 heteroatoms. The van der Waals surface area contributed by atoms with E-state index in [0.717, 1.165) is 37.2 Å². The van der Waals surface area contributed by atoms with Gasteiger partial charge in [0.1, 0.15) is 0 Å². The molecule has 0 saturated heterocycles. The van der Waals surface area contributed by atoms with E-state index < -0.39 is 0 Å². The molecule has 3 nitrogen and oxygen atoms in total. The SMILES string of the molecule is CCNCc1c(C)cc(C)nc1OCCC1CCC1. The van der Waals surface area contributed by atoms with Crippen LogP contribution >= 0.6 is 0 Å². The highest BCUT2D eigenvalue weighted by Crippen LogP contribution is 2.29. The van der Waals surface area contributed by atoms with Crippen LogP contribution in [0.1, 0.15) is 49.4 Å². The monoisotopic (exact) mass is 262 g/mol. The summed E-state index contributed by atoms with van der Waals surface area (Å²) < 4.78 is 5.95. The van der Waals surface area contributed by atoms with E-state index in [4.69, 9.17) is 4.74 Å². The first-order chi connectivity index (χ1) is 9.20.